The van der Waals surface area contributed by atoms with Crippen LogP contribution in [0.25, 0.3) is 22.4 Å². The Morgan fingerprint density at radius 2 is 1.74 bits per heavy atom. The quantitative estimate of drug-likeness (QED) is 0.409. The van der Waals surface area contributed by atoms with Crippen LogP contribution in [0.4, 0.5) is 5.95 Å². The van der Waals surface area contributed by atoms with Crippen molar-refractivity contribution in [2.75, 3.05) is 32.7 Å². The van der Waals surface area contributed by atoms with Crippen molar-refractivity contribution in [3.05, 3.63) is 65.1 Å². The highest BCUT2D eigenvalue weighted by Crippen LogP contribution is 2.36. The normalized spacial score (nSPS) is 10.7. The molecule has 0 unspecified atom stereocenters. The lowest BCUT2D eigenvalue weighted by Crippen LogP contribution is -2.23. The molecule has 0 saturated carbocycles. The van der Waals surface area contributed by atoms with E-state index in [-0.39, 0.29) is 6.01 Å². The number of methoxy groups -OCH3 is 2. The fraction of sp³-hybridized carbons (Fsp3) is 0.217. The molecule has 1 aromatic carbocycles. The summed E-state index contributed by atoms with van der Waals surface area (Å²) in [5.74, 6) is 1.03. The van der Waals surface area contributed by atoms with Gasteiger partial charge in [0.25, 0.3) is 0 Å². The maximum Gasteiger partial charge on any atom is 0.319 e. The fourth-order valence-corrected chi connectivity index (χ4v) is 3.86. The van der Waals surface area contributed by atoms with E-state index in [2.05, 4.69) is 44.6 Å². The van der Waals surface area contributed by atoms with Crippen LogP contribution in [0, 0.1) is 0 Å². The Morgan fingerprint density at radius 3 is 2.45 bits per heavy atom. The predicted molar refractivity (Wildman–Crippen MR) is 123 cm³/mol. The van der Waals surface area contributed by atoms with E-state index < -0.39 is 0 Å². The summed E-state index contributed by atoms with van der Waals surface area (Å²) in [6.07, 6.45) is 4.43. The summed E-state index contributed by atoms with van der Waals surface area (Å²) in [5.41, 5.74) is 4.61. The maximum absolute atomic E-state index is 5.52. The molecule has 0 aliphatic heterocycles. The van der Waals surface area contributed by atoms with Gasteiger partial charge in [0.2, 0.25) is 11.8 Å². The van der Waals surface area contributed by atoms with Crippen LogP contribution in [-0.2, 0) is 6.42 Å². The van der Waals surface area contributed by atoms with E-state index in [0.29, 0.717) is 17.4 Å². The lowest BCUT2D eigenvalue weighted by molar-refractivity contribution is 0.353. The average molecular weight is 434 g/mol. The van der Waals surface area contributed by atoms with Gasteiger partial charge in [-0.1, -0.05) is 30.3 Å². The standard InChI is InChI=1S/C23H23N5O2S/c1-28(11-9-16-7-5-4-6-8-16)22-24-13-18(17-10-12-31-15-17)20(26-22)19-14-25-23(30-3)27-21(19)29-2/h4-8,10,12-15H,9,11H2,1-3H3. The van der Waals surface area contributed by atoms with Gasteiger partial charge in [0.05, 0.1) is 25.5 Å². The average Bonchev–Trinajstić information content (AvgIpc) is 3.37. The van der Waals surface area contributed by atoms with Gasteiger partial charge in [0, 0.05) is 31.5 Å². The van der Waals surface area contributed by atoms with Gasteiger partial charge in [-0.15, -0.1) is 0 Å². The molecule has 0 saturated heterocycles. The summed E-state index contributed by atoms with van der Waals surface area (Å²) in [7, 11) is 5.09. The molecule has 8 heteroatoms. The number of aromatic nitrogens is 4. The van der Waals surface area contributed by atoms with E-state index >= 15 is 0 Å². The monoisotopic (exact) mass is 433 g/mol. The van der Waals surface area contributed by atoms with Crippen molar-refractivity contribution in [1.29, 1.82) is 0 Å². The first-order chi connectivity index (χ1) is 15.2. The van der Waals surface area contributed by atoms with E-state index in [1.807, 2.05) is 35.7 Å². The largest absolute Gasteiger partial charge is 0.480 e. The SMILES string of the molecule is COc1ncc(-c2nc(N(C)CCc3ccccc3)ncc2-c2ccsc2)c(OC)n1. The Kier molecular flexibility index (Phi) is 6.37. The lowest BCUT2D eigenvalue weighted by atomic mass is 10.1. The molecule has 0 aliphatic carbocycles. The number of ether oxygens (including phenoxy) is 2. The first kappa shape index (κ1) is 20.7. The van der Waals surface area contributed by atoms with Crippen molar-refractivity contribution < 1.29 is 9.47 Å². The molecule has 158 valence electrons. The van der Waals surface area contributed by atoms with Gasteiger partial charge in [-0.25, -0.2) is 15.0 Å². The Hall–Kier alpha value is -3.52. The van der Waals surface area contributed by atoms with Crippen molar-refractivity contribution in [2.45, 2.75) is 6.42 Å². The van der Waals surface area contributed by atoms with Crippen LogP contribution in [0.2, 0.25) is 0 Å². The Balaban J connectivity index is 1.72. The second-order valence-electron chi connectivity index (χ2n) is 6.88. The van der Waals surface area contributed by atoms with Crippen molar-refractivity contribution >= 4 is 17.3 Å². The van der Waals surface area contributed by atoms with Gasteiger partial charge in [-0.3, -0.25) is 0 Å². The molecule has 4 rings (SSSR count). The third-order valence-corrected chi connectivity index (χ3v) is 5.57. The molecule has 0 radical (unpaired) electrons. The minimum atomic E-state index is 0.243. The molecule has 3 aromatic heterocycles. The number of thiophene rings is 1. The summed E-state index contributed by atoms with van der Waals surface area (Å²) in [6, 6.07) is 12.7. The van der Waals surface area contributed by atoms with Crippen LogP contribution in [-0.4, -0.2) is 47.7 Å². The van der Waals surface area contributed by atoms with E-state index in [9.17, 15) is 0 Å². The van der Waals surface area contributed by atoms with Crippen LogP contribution < -0.4 is 14.4 Å². The van der Waals surface area contributed by atoms with E-state index in [0.717, 1.165) is 29.8 Å². The number of benzene rings is 1. The molecule has 0 spiro atoms. The topological polar surface area (TPSA) is 73.3 Å². The summed E-state index contributed by atoms with van der Waals surface area (Å²) in [6.45, 7) is 0.789. The van der Waals surface area contributed by atoms with Crippen molar-refractivity contribution in [3.63, 3.8) is 0 Å². The molecule has 0 bridgehead atoms. The Bertz CT molecular complexity index is 1140. The second-order valence-corrected chi connectivity index (χ2v) is 7.66. The van der Waals surface area contributed by atoms with Gasteiger partial charge < -0.3 is 14.4 Å². The summed E-state index contributed by atoms with van der Waals surface area (Å²) in [5, 5.41) is 4.10. The van der Waals surface area contributed by atoms with Gasteiger partial charge in [0.15, 0.2) is 0 Å². The predicted octanol–water partition coefficient (Wildman–Crippen LogP) is 4.36. The van der Waals surface area contributed by atoms with E-state index in [1.165, 1.54) is 12.7 Å². The molecular formula is C23H23N5O2S. The molecular weight excluding hydrogens is 410 g/mol. The second kappa shape index (κ2) is 9.53. The highest BCUT2D eigenvalue weighted by molar-refractivity contribution is 7.08. The van der Waals surface area contributed by atoms with Gasteiger partial charge in [-0.05, 0) is 34.4 Å². The Labute approximate surface area is 185 Å². The van der Waals surface area contributed by atoms with Crippen LogP contribution in [0.1, 0.15) is 5.56 Å². The minimum absolute atomic E-state index is 0.243. The third kappa shape index (κ3) is 4.64. The number of anilines is 1. The molecule has 0 atom stereocenters. The zero-order valence-corrected chi connectivity index (χ0v) is 18.5. The number of hydrogen-bond donors (Lipinski definition) is 0. The molecule has 0 aliphatic rings. The smallest absolute Gasteiger partial charge is 0.319 e. The number of likely N-dealkylation sites (N-methyl/N-ethyl adjacent to an activating group) is 1. The molecule has 0 amide bonds. The van der Waals surface area contributed by atoms with Crippen molar-refractivity contribution in [2.24, 2.45) is 0 Å². The van der Waals surface area contributed by atoms with Gasteiger partial charge in [0.1, 0.15) is 0 Å². The van der Waals surface area contributed by atoms with Crippen molar-refractivity contribution in [1.82, 2.24) is 19.9 Å². The first-order valence-corrected chi connectivity index (χ1v) is 10.7. The first-order valence-electron chi connectivity index (χ1n) is 9.79. The highest BCUT2D eigenvalue weighted by atomic mass is 32.1. The lowest BCUT2D eigenvalue weighted by Gasteiger charge is -2.19. The molecule has 3 heterocycles. The summed E-state index contributed by atoms with van der Waals surface area (Å²) < 4.78 is 10.7. The fourth-order valence-electron chi connectivity index (χ4n) is 3.20. The Morgan fingerprint density at radius 1 is 0.935 bits per heavy atom. The number of rotatable bonds is 8. The van der Waals surface area contributed by atoms with Crippen LogP contribution in [0.3, 0.4) is 0 Å². The molecule has 0 fully saturated rings. The van der Waals surface area contributed by atoms with Crippen LogP contribution in [0.15, 0.2) is 59.6 Å². The van der Waals surface area contributed by atoms with Crippen LogP contribution in [0.5, 0.6) is 11.9 Å². The van der Waals surface area contributed by atoms with Crippen molar-refractivity contribution in [3.8, 4) is 34.3 Å². The summed E-state index contributed by atoms with van der Waals surface area (Å²) in [4.78, 5) is 20.2. The molecule has 4 aromatic rings. The van der Waals surface area contributed by atoms with Gasteiger partial charge in [-0.2, -0.15) is 16.3 Å². The summed E-state index contributed by atoms with van der Waals surface area (Å²) >= 11 is 1.62. The molecule has 31 heavy (non-hydrogen) atoms. The zero-order valence-electron chi connectivity index (χ0n) is 17.6. The molecule has 0 N–H and O–H groups in total. The number of hydrogen-bond acceptors (Lipinski definition) is 8. The van der Waals surface area contributed by atoms with Gasteiger partial charge >= 0.3 is 6.01 Å². The van der Waals surface area contributed by atoms with E-state index in [4.69, 9.17) is 14.5 Å². The van der Waals surface area contributed by atoms with Crippen LogP contribution >= 0.6 is 11.3 Å². The third-order valence-electron chi connectivity index (χ3n) is 4.89. The highest BCUT2D eigenvalue weighted by Gasteiger charge is 2.19. The number of nitrogens with zero attached hydrogens (tertiary/aromatic N) is 5. The van der Waals surface area contributed by atoms with E-state index in [1.54, 1.807) is 24.6 Å². The maximum atomic E-state index is 5.52. The minimum Gasteiger partial charge on any atom is -0.480 e. The molecule has 7 nitrogen and oxygen atoms in total. The zero-order chi connectivity index (χ0) is 21.6.